The number of carbonyl (C=O) groups excluding carboxylic acids is 2. The highest BCUT2D eigenvalue weighted by atomic mass is 19.2. The minimum Gasteiger partial charge on any atom is -0.493 e. The molecule has 0 saturated heterocycles. The van der Waals surface area contributed by atoms with E-state index in [1.165, 1.54) is 26.4 Å². The van der Waals surface area contributed by atoms with Gasteiger partial charge in [0.25, 0.3) is 5.91 Å². The van der Waals surface area contributed by atoms with Crippen LogP contribution in [0.25, 0.3) is 0 Å². The maximum Gasteiger partial charge on any atom is 0.340 e. The molecule has 0 atom stereocenters. The molecule has 0 fully saturated rings. The number of esters is 1. The second-order valence-corrected chi connectivity index (χ2v) is 4.92. The number of hydrogen-bond acceptors (Lipinski definition) is 5. The monoisotopic (exact) mass is 369 g/mol. The van der Waals surface area contributed by atoms with Gasteiger partial charge in [0.15, 0.2) is 29.0 Å². The maximum absolute atomic E-state index is 13.8. The molecule has 0 aliphatic rings. The number of methoxy groups -OCH3 is 3. The van der Waals surface area contributed by atoms with Crippen LogP contribution in [0, 0.1) is 17.5 Å². The number of carbonyl (C=O) groups is 2. The summed E-state index contributed by atoms with van der Waals surface area (Å²) in [5.41, 5.74) is -0.945. The predicted octanol–water partition coefficient (Wildman–Crippen LogP) is 3.16. The van der Waals surface area contributed by atoms with Crippen molar-refractivity contribution in [3.05, 3.63) is 52.8 Å². The van der Waals surface area contributed by atoms with Crippen LogP contribution in [-0.4, -0.2) is 33.2 Å². The first-order valence-electron chi connectivity index (χ1n) is 7.13. The van der Waals surface area contributed by atoms with Gasteiger partial charge in [0, 0.05) is 12.1 Å². The van der Waals surface area contributed by atoms with E-state index in [2.05, 4.69) is 10.1 Å². The zero-order valence-electron chi connectivity index (χ0n) is 14.0. The van der Waals surface area contributed by atoms with Crippen LogP contribution in [0.1, 0.15) is 20.7 Å². The van der Waals surface area contributed by atoms with Gasteiger partial charge in [0.1, 0.15) is 0 Å². The van der Waals surface area contributed by atoms with Gasteiger partial charge in [-0.25, -0.2) is 18.0 Å². The Bertz CT molecular complexity index is 870. The number of anilines is 1. The van der Waals surface area contributed by atoms with Crippen molar-refractivity contribution in [2.45, 2.75) is 0 Å². The number of benzene rings is 2. The third kappa shape index (κ3) is 3.56. The largest absolute Gasteiger partial charge is 0.493 e. The smallest absolute Gasteiger partial charge is 0.340 e. The lowest BCUT2D eigenvalue weighted by Crippen LogP contribution is -2.18. The lowest BCUT2D eigenvalue weighted by atomic mass is 10.1. The summed E-state index contributed by atoms with van der Waals surface area (Å²) in [7, 11) is 3.80. The summed E-state index contributed by atoms with van der Waals surface area (Å²) in [5.74, 6) is -6.42. The highest BCUT2D eigenvalue weighted by Gasteiger charge is 2.23. The van der Waals surface area contributed by atoms with Gasteiger partial charge >= 0.3 is 5.97 Å². The topological polar surface area (TPSA) is 73.9 Å². The van der Waals surface area contributed by atoms with Gasteiger partial charge < -0.3 is 19.5 Å². The molecule has 26 heavy (non-hydrogen) atoms. The lowest BCUT2D eigenvalue weighted by molar-refractivity contribution is 0.0601. The van der Waals surface area contributed by atoms with Gasteiger partial charge in [-0.2, -0.15) is 0 Å². The van der Waals surface area contributed by atoms with E-state index >= 15 is 0 Å². The van der Waals surface area contributed by atoms with E-state index in [-0.39, 0.29) is 22.7 Å². The Balaban J connectivity index is 2.49. The van der Waals surface area contributed by atoms with E-state index in [9.17, 15) is 22.8 Å². The van der Waals surface area contributed by atoms with Gasteiger partial charge in [-0.1, -0.05) is 0 Å². The van der Waals surface area contributed by atoms with Crippen molar-refractivity contribution < 1.29 is 37.0 Å². The highest BCUT2D eigenvalue weighted by molar-refractivity contribution is 6.08. The van der Waals surface area contributed by atoms with Gasteiger partial charge in [0.05, 0.1) is 38.1 Å². The van der Waals surface area contributed by atoms with Crippen LogP contribution in [0.15, 0.2) is 24.3 Å². The second-order valence-electron chi connectivity index (χ2n) is 4.92. The summed E-state index contributed by atoms with van der Waals surface area (Å²) in [5, 5.41) is 2.25. The van der Waals surface area contributed by atoms with Crippen LogP contribution >= 0.6 is 0 Å². The zero-order chi connectivity index (χ0) is 19.4. The average molecular weight is 369 g/mol. The molecular formula is C17H14F3NO5. The molecule has 0 aliphatic carbocycles. The molecule has 0 unspecified atom stereocenters. The summed E-state index contributed by atoms with van der Waals surface area (Å²) < 4.78 is 54.9. The van der Waals surface area contributed by atoms with Gasteiger partial charge in [-0.05, 0) is 12.1 Å². The minimum absolute atomic E-state index is 0.0939. The van der Waals surface area contributed by atoms with Crippen molar-refractivity contribution in [2.75, 3.05) is 26.6 Å². The van der Waals surface area contributed by atoms with E-state index in [4.69, 9.17) is 9.47 Å². The van der Waals surface area contributed by atoms with E-state index in [1.807, 2.05) is 0 Å². The molecule has 2 aromatic carbocycles. The number of halogens is 3. The van der Waals surface area contributed by atoms with Crippen LogP contribution in [0.4, 0.5) is 18.9 Å². The van der Waals surface area contributed by atoms with E-state index in [0.717, 1.165) is 13.2 Å². The SMILES string of the molecule is COC(=O)c1cc(OC)c(OC)cc1NC(=O)c1ccc(F)c(F)c1F. The summed E-state index contributed by atoms with van der Waals surface area (Å²) in [6.07, 6.45) is 0. The Morgan fingerprint density at radius 3 is 2.08 bits per heavy atom. The highest BCUT2D eigenvalue weighted by Crippen LogP contribution is 2.34. The molecule has 0 bridgehead atoms. The normalized spacial score (nSPS) is 10.2. The summed E-state index contributed by atoms with van der Waals surface area (Å²) in [6, 6.07) is 3.90. The molecule has 2 aromatic rings. The number of nitrogens with one attached hydrogen (secondary N) is 1. The summed E-state index contributed by atoms with van der Waals surface area (Å²) in [6.45, 7) is 0. The summed E-state index contributed by atoms with van der Waals surface area (Å²) >= 11 is 0. The fraction of sp³-hybridized carbons (Fsp3) is 0.176. The molecule has 1 amide bonds. The summed E-state index contributed by atoms with van der Waals surface area (Å²) in [4.78, 5) is 24.2. The predicted molar refractivity (Wildman–Crippen MR) is 85.2 cm³/mol. The van der Waals surface area contributed by atoms with Crippen LogP contribution in [-0.2, 0) is 4.74 Å². The molecule has 138 valence electrons. The first-order chi connectivity index (χ1) is 12.3. The Morgan fingerprint density at radius 1 is 0.885 bits per heavy atom. The van der Waals surface area contributed by atoms with Crippen molar-refractivity contribution in [3.63, 3.8) is 0 Å². The third-order valence-electron chi connectivity index (χ3n) is 3.46. The van der Waals surface area contributed by atoms with E-state index in [1.54, 1.807) is 0 Å². The van der Waals surface area contributed by atoms with E-state index < -0.39 is 34.9 Å². The minimum atomic E-state index is -1.78. The molecule has 1 N–H and O–H groups in total. The molecule has 6 nitrogen and oxygen atoms in total. The molecule has 9 heteroatoms. The number of rotatable bonds is 5. The average Bonchev–Trinajstić information content (AvgIpc) is 2.64. The quantitative estimate of drug-likeness (QED) is 0.647. The molecular weight excluding hydrogens is 355 g/mol. The van der Waals surface area contributed by atoms with Crippen molar-refractivity contribution in [1.29, 1.82) is 0 Å². The van der Waals surface area contributed by atoms with Gasteiger partial charge in [-0.3, -0.25) is 4.79 Å². The van der Waals surface area contributed by atoms with Crippen LogP contribution < -0.4 is 14.8 Å². The van der Waals surface area contributed by atoms with Crippen molar-refractivity contribution in [1.82, 2.24) is 0 Å². The fourth-order valence-corrected chi connectivity index (χ4v) is 2.15. The Morgan fingerprint density at radius 2 is 1.50 bits per heavy atom. The molecule has 0 saturated carbocycles. The van der Waals surface area contributed by atoms with Crippen molar-refractivity contribution in [2.24, 2.45) is 0 Å². The van der Waals surface area contributed by atoms with E-state index in [0.29, 0.717) is 6.07 Å². The lowest BCUT2D eigenvalue weighted by Gasteiger charge is -2.15. The molecule has 0 spiro atoms. The number of hydrogen-bond donors (Lipinski definition) is 1. The third-order valence-corrected chi connectivity index (χ3v) is 3.46. The maximum atomic E-state index is 13.8. The fourth-order valence-electron chi connectivity index (χ4n) is 2.15. The first-order valence-corrected chi connectivity index (χ1v) is 7.13. The molecule has 2 rings (SSSR count). The van der Waals surface area contributed by atoms with Crippen LogP contribution in [0.3, 0.4) is 0 Å². The Hall–Kier alpha value is -3.23. The molecule has 0 radical (unpaired) electrons. The second kappa shape index (κ2) is 7.77. The van der Waals surface area contributed by atoms with Gasteiger partial charge in [0.2, 0.25) is 0 Å². The van der Waals surface area contributed by atoms with Crippen LogP contribution in [0.5, 0.6) is 11.5 Å². The van der Waals surface area contributed by atoms with Gasteiger partial charge in [-0.15, -0.1) is 0 Å². The van der Waals surface area contributed by atoms with Crippen molar-refractivity contribution in [3.8, 4) is 11.5 Å². The zero-order valence-corrected chi connectivity index (χ0v) is 14.0. The molecule has 0 heterocycles. The first kappa shape index (κ1) is 19.1. The van der Waals surface area contributed by atoms with Crippen molar-refractivity contribution >= 4 is 17.6 Å². The molecule has 0 aromatic heterocycles. The van der Waals surface area contributed by atoms with Crippen LogP contribution in [0.2, 0.25) is 0 Å². The number of amides is 1. The molecule has 0 aliphatic heterocycles. The standard InChI is InChI=1S/C17H14F3NO5/c1-24-12-6-9(17(23)26-3)11(7-13(12)25-2)21-16(22)8-4-5-10(18)15(20)14(8)19/h4-7H,1-3H3,(H,21,22). The Kier molecular flexibility index (Phi) is 5.71. The Labute approximate surface area is 146 Å². The number of ether oxygens (including phenoxy) is 3.